The third kappa shape index (κ3) is 5.27. The van der Waals surface area contributed by atoms with Crippen molar-refractivity contribution >= 4 is 29.2 Å². The highest BCUT2D eigenvalue weighted by Crippen LogP contribution is 2.43. The molecule has 2 aromatic carbocycles. The molecule has 0 bridgehead atoms. The van der Waals surface area contributed by atoms with Gasteiger partial charge in [0, 0.05) is 23.6 Å². The first kappa shape index (κ1) is 23.7. The molecule has 1 aliphatic heterocycles. The molecule has 0 radical (unpaired) electrons. The first-order valence-electron chi connectivity index (χ1n) is 9.85. The average molecular weight is 465 g/mol. The lowest BCUT2D eigenvalue weighted by Gasteiger charge is -2.30. The summed E-state index contributed by atoms with van der Waals surface area (Å²) in [4.78, 5) is 25.8. The predicted molar refractivity (Wildman–Crippen MR) is 115 cm³/mol. The molecule has 1 heterocycles. The lowest BCUT2D eigenvalue weighted by Crippen LogP contribution is -2.40. The van der Waals surface area contributed by atoms with Crippen LogP contribution in [0.3, 0.4) is 0 Å². The van der Waals surface area contributed by atoms with Gasteiger partial charge in [0.15, 0.2) is 0 Å². The zero-order chi connectivity index (χ0) is 23.5. The Morgan fingerprint density at radius 1 is 1.12 bits per heavy atom. The summed E-state index contributed by atoms with van der Waals surface area (Å²) in [5.41, 5.74) is -0.852. The van der Waals surface area contributed by atoms with Crippen molar-refractivity contribution in [2.45, 2.75) is 28.8 Å². The van der Waals surface area contributed by atoms with E-state index in [0.717, 1.165) is 17.8 Å². The van der Waals surface area contributed by atoms with E-state index in [0.29, 0.717) is 23.5 Å². The van der Waals surface area contributed by atoms with Crippen LogP contribution in [-0.4, -0.2) is 42.1 Å². The van der Waals surface area contributed by atoms with Crippen molar-refractivity contribution in [3.05, 3.63) is 60.2 Å². The molecule has 32 heavy (non-hydrogen) atoms. The van der Waals surface area contributed by atoms with Gasteiger partial charge in [-0.25, -0.2) is 0 Å². The van der Waals surface area contributed by atoms with Gasteiger partial charge in [-0.3, -0.25) is 9.59 Å². The number of hydrogen-bond donors (Lipinski definition) is 1. The van der Waals surface area contributed by atoms with Gasteiger partial charge in [-0.05, 0) is 42.7 Å². The minimum atomic E-state index is -4.64. The summed E-state index contributed by atoms with van der Waals surface area (Å²) in [6, 6.07) is 10.5. The van der Waals surface area contributed by atoms with Gasteiger partial charge in [0.1, 0.15) is 5.75 Å². The number of aliphatic carboxylic acids is 1. The lowest BCUT2D eigenvalue weighted by molar-refractivity contribution is -0.144. The number of benzene rings is 2. The van der Waals surface area contributed by atoms with Crippen LogP contribution in [0.4, 0.5) is 13.2 Å². The number of methoxy groups -OCH3 is 1. The third-order valence-corrected chi connectivity index (χ3v) is 6.45. The standard InChI is InChI=1S/C23H22F3NO4S/c1-14(21(28)27-11-9-15(10-12-27)22(29)30)16-7-8-19(17(13-16)23(24,25)26)32-20-6-4-3-5-18(20)31-2/h3-8,13,15H,1,9-12H2,2H3,(H,29,30). The molecule has 170 valence electrons. The Labute approximate surface area is 187 Å². The Balaban J connectivity index is 1.84. The Morgan fingerprint density at radius 2 is 1.78 bits per heavy atom. The molecular formula is C23H22F3NO4S. The summed E-state index contributed by atoms with van der Waals surface area (Å²) < 4.78 is 46.7. The van der Waals surface area contributed by atoms with Gasteiger partial charge in [-0.1, -0.05) is 36.5 Å². The number of carbonyl (C=O) groups is 2. The van der Waals surface area contributed by atoms with Gasteiger partial charge < -0.3 is 14.7 Å². The van der Waals surface area contributed by atoms with Crippen LogP contribution in [0.1, 0.15) is 24.0 Å². The summed E-state index contributed by atoms with van der Waals surface area (Å²) in [6.07, 6.45) is -4.03. The molecule has 1 saturated heterocycles. The van der Waals surface area contributed by atoms with E-state index in [1.54, 1.807) is 24.3 Å². The Hall–Kier alpha value is -2.94. The van der Waals surface area contributed by atoms with Crippen molar-refractivity contribution in [2.24, 2.45) is 5.92 Å². The second-order valence-corrected chi connectivity index (χ2v) is 8.43. The highest BCUT2D eigenvalue weighted by atomic mass is 32.2. The number of carboxylic acids is 1. The second-order valence-electron chi connectivity index (χ2n) is 7.34. The molecule has 9 heteroatoms. The zero-order valence-corrected chi connectivity index (χ0v) is 18.1. The predicted octanol–water partition coefficient (Wildman–Crippen LogP) is 5.20. The molecule has 2 aromatic rings. The minimum Gasteiger partial charge on any atom is -0.496 e. The molecule has 3 rings (SSSR count). The monoisotopic (exact) mass is 465 g/mol. The number of amides is 1. The van der Waals surface area contributed by atoms with Crippen LogP contribution >= 0.6 is 11.8 Å². The normalized spacial score (nSPS) is 14.8. The number of likely N-dealkylation sites (tertiary alicyclic amines) is 1. The van der Waals surface area contributed by atoms with Crippen molar-refractivity contribution < 1.29 is 32.6 Å². The summed E-state index contributed by atoms with van der Waals surface area (Å²) in [5, 5.41) is 9.08. The number of halogens is 3. The summed E-state index contributed by atoms with van der Waals surface area (Å²) in [6.45, 7) is 4.17. The maximum Gasteiger partial charge on any atom is 0.417 e. The van der Waals surface area contributed by atoms with Crippen LogP contribution < -0.4 is 4.74 Å². The Morgan fingerprint density at radius 3 is 2.38 bits per heavy atom. The Kier molecular flexibility index (Phi) is 7.18. The van der Waals surface area contributed by atoms with E-state index in [1.807, 2.05) is 0 Å². The van der Waals surface area contributed by atoms with E-state index in [-0.39, 0.29) is 29.1 Å². The van der Waals surface area contributed by atoms with Gasteiger partial charge in [0.25, 0.3) is 5.91 Å². The molecular weight excluding hydrogens is 443 g/mol. The smallest absolute Gasteiger partial charge is 0.417 e. The van der Waals surface area contributed by atoms with Gasteiger partial charge in [-0.15, -0.1) is 0 Å². The number of piperidine rings is 1. The SMILES string of the molecule is C=C(C(=O)N1CCC(C(=O)O)CC1)c1ccc(Sc2ccccc2OC)c(C(F)(F)F)c1. The number of carbonyl (C=O) groups excluding carboxylic acids is 1. The fourth-order valence-corrected chi connectivity index (χ4v) is 4.55. The number of nitrogens with zero attached hydrogens (tertiary/aromatic N) is 1. The first-order valence-corrected chi connectivity index (χ1v) is 10.7. The van der Waals surface area contributed by atoms with Crippen LogP contribution in [0.2, 0.25) is 0 Å². The average Bonchev–Trinajstić information content (AvgIpc) is 2.78. The van der Waals surface area contributed by atoms with Crippen molar-refractivity contribution in [1.82, 2.24) is 4.90 Å². The summed E-state index contributed by atoms with van der Waals surface area (Å²) in [5.74, 6) is -1.46. The number of alkyl halides is 3. The molecule has 0 aliphatic carbocycles. The van der Waals surface area contributed by atoms with Gasteiger partial charge in [0.05, 0.1) is 23.5 Å². The fourth-order valence-electron chi connectivity index (χ4n) is 3.49. The summed E-state index contributed by atoms with van der Waals surface area (Å²) in [7, 11) is 1.45. The molecule has 0 saturated carbocycles. The van der Waals surface area contributed by atoms with Gasteiger partial charge in [-0.2, -0.15) is 13.2 Å². The minimum absolute atomic E-state index is 0.0201. The van der Waals surface area contributed by atoms with Crippen molar-refractivity contribution in [1.29, 1.82) is 0 Å². The van der Waals surface area contributed by atoms with Crippen LogP contribution in [0.15, 0.2) is 58.8 Å². The molecule has 1 fully saturated rings. The molecule has 0 unspecified atom stereocenters. The molecule has 5 nitrogen and oxygen atoms in total. The van der Waals surface area contributed by atoms with E-state index in [4.69, 9.17) is 9.84 Å². The molecule has 0 atom stereocenters. The van der Waals surface area contributed by atoms with Crippen LogP contribution in [0.25, 0.3) is 5.57 Å². The number of ether oxygens (including phenoxy) is 1. The van der Waals surface area contributed by atoms with E-state index in [2.05, 4.69) is 6.58 Å². The number of para-hydroxylation sites is 1. The second kappa shape index (κ2) is 9.68. The van der Waals surface area contributed by atoms with E-state index in [9.17, 15) is 22.8 Å². The maximum absolute atomic E-state index is 13.8. The van der Waals surface area contributed by atoms with Crippen molar-refractivity contribution in [3.8, 4) is 5.75 Å². The number of carboxylic acid groups (broad SMARTS) is 1. The molecule has 1 N–H and O–H groups in total. The summed E-state index contributed by atoms with van der Waals surface area (Å²) >= 11 is 0.926. The largest absolute Gasteiger partial charge is 0.496 e. The number of hydrogen-bond acceptors (Lipinski definition) is 4. The van der Waals surface area contributed by atoms with Crippen molar-refractivity contribution in [2.75, 3.05) is 20.2 Å². The van der Waals surface area contributed by atoms with E-state index in [1.165, 1.54) is 24.1 Å². The first-order chi connectivity index (χ1) is 15.1. The zero-order valence-electron chi connectivity index (χ0n) is 17.3. The molecule has 1 aliphatic rings. The van der Waals surface area contributed by atoms with E-state index < -0.39 is 29.5 Å². The molecule has 0 aromatic heterocycles. The lowest BCUT2D eigenvalue weighted by atomic mass is 9.95. The molecule has 0 spiro atoms. The third-order valence-electron chi connectivity index (χ3n) is 5.31. The van der Waals surface area contributed by atoms with Gasteiger partial charge >= 0.3 is 12.1 Å². The topological polar surface area (TPSA) is 66.8 Å². The van der Waals surface area contributed by atoms with E-state index >= 15 is 0 Å². The highest BCUT2D eigenvalue weighted by Gasteiger charge is 2.35. The fraction of sp³-hybridized carbons (Fsp3) is 0.304. The van der Waals surface area contributed by atoms with Crippen molar-refractivity contribution in [3.63, 3.8) is 0 Å². The quantitative estimate of drug-likeness (QED) is 0.594. The molecule has 1 amide bonds. The number of rotatable bonds is 6. The van der Waals surface area contributed by atoms with Crippen LogP contribution in [0.5, 0.6) is 5.75 Å². The Bertz CT molecular complexity index is 1030. The van der Waals surface area contributed by atoms with Gasteiger partial charge in [0.2, 0.25) is 0 Å². The van der Waals surface area contributed by atoms with Crippen LogP contribution in [-0.2, 0) is 15.8 Å². The highest BCUT2D eigenvalue weighted by molar-refractivity contribution is 7.99. The maximum atomic E-state index is 13.8. The van der Waals surface area contributed by atoms with Crippen LogP contribution in [0, 0.1) is 5.92 Å².